The van der Waals surface area contributed by atoms with Crippen molar-refractivity contribution in [3.05, 3.63) is 0 Å². The van der Waals surface area contributed by atoms with Crippen LogP contribution in [0.3, 0.4) is 0 Å². The van der Waals surface area contributed by atoms with Crippen LogP contribution >= 0.6 is 0 Å². The zero-order valence-electron chi connectivity index (χ0n) is 21.2. The maximum absolute atomic E-state index is 13.3. The minimum atomic E-state index is -0.574. The molecule has 3 heterocycles. The van der Waals surface area contributed by atoms with Gasteiger partial charge in [0.25, 0.3) is 0 Å². The van der Waals surface area contributed by atoms with Crippen molar-refractivity contribution in [1.29, 1.82) is 0 Å². The molecular weight excluding hydrogens is 438 g/mol. The fraction of sp³-hybridized carbons (Fsp3) is 0.840. The van der Waals surface area contributed by atoms with Gasteiger partial charge in [-0.15, -0.1) is 0 Å². The summed E-state index contributed by atoms with van der Waals surface area (Å²) in [7, 11) is 0. The van der Waals surface area contributed by atoms with Gasteiger partial charge in [-0.1, -0.05) is 0 Å². The summed E-state index contributed by atoms with van der Waals surface area (Å²) < 4.78 is 10.6. The highest BCUT2D eigenvalue weighted by Crippen LogP contribution is 2.27. The molecule has 9 heteroatoms. The first-order chi connectivity index (χ1) is 16.1. The minimum absolute atomic E-state index is 0.0220. The molecule has 3 fully saturated rings. The van der Waals surface area contributed by atoms with E-state index in [0.717, 1.165) is 38.5 Å². The molecule has 0 saturated carbocycles. The van der Waals surface area contributed by atoms with E-state index in [2.05, 4.69) is 0 Å². The molecule has 0 aromatic carbocycles. The third kappa shape index (κ3) is 6.85. The maximum atomic E-state index is 13.3. The van der Waals surface area contributed by atoms with Gasteiger partial charge in [0, 0.05) is 39.3 Å². The molecule has 34 heavy (non-hydrogen) atoms. The number of ether oxygens (including phenoxy) is 2. The lowest BCUT2D eigenvalue weighted by Gasteiger charge is -2.40. The van der Waals surface area contributed by atoms with Crippen LogP contribution in [0.5, 0.6) is 0 Å². The maximum Gasteiger partial charge on any atom is 0.410 e. The monoisotopic (exact) mass is 479 g/mol. The Balaban J connectivity index is 1.56. The summed E-state index contributed by atoms with van der Waals surface area (Å²) >= 11 is 0. The fourth-order valence-corrected chi connectivity index (χ4v) is 5.20. The summed E-state index contributed by atoms with van der Waals surface area (Å²) in [6.07, 6.45) is 4.17. The Kier molecular flexibility index (Phi) is 8.82. The molecule has 0 radical (unpaired) electrons. The first-order valence-corrected chi connectivity index (χ1v) is 12.8. The van der Waals surface area contributed by atoms with Gasteiger partial charge in [-0.25, -0.2) is 4.79 Å². The van der Waals surface area contributed by atoms with Crippen LogP contribution in [0.25, 0.3) is 0 Å². The molecule has 0 aromatic heterocycles. The predicted octanol–water partition coefficient (Wildman–Crippen LogP) is 2.67. The van der Waals surface area contributed by atoms with E-state index in [-0.39, 0.29) is 41.6 Å². The molecule has 0 bridgehead atoms. The molecule has 3 rings (SSSR count). The smallest absolute Gasteiger partial charge is 0.410 e. The number of piperidine rings is 3. The summed E-state index contributed by atoms with van der Waals surface area (Å²) in [4.78, 5) is 56.5. The van der Waals surface area contributed by atoms with Crippen LogP contribution in [-0.4, -0.2) is 90.1 Å². The highest BCUT2D eigenvalue weighted by Gasteiger charge is 2.38. The number of carbonyl (C=O) groups is 4. The van der Waals surface area contributed by atoms with Crippen molar-refractivity contribution >= 4 is 23.9 Å². The molecule has 3 aliphatic heterocycles. The van der Waals surface area contributed by atoms with Crippen molar-refractivity contribution in [2.75, 3.05) is 45.9 Å². The highest BCUT2D eigenvalue weighted by molar-refractivity contribution is 5.83. The van der Waals surface area contributed by atoms with Crippen molar-refractivity contribution in [2.45, 2.75) is 71.8 Å². The van der Waals surface area contributed by atoms with Crippen LogP contribution in [0, 0.1) is 17.8 Å². The third-order valence-electron chi connectivity index (χ3n) is 6.86. The molecule has 0 spiro atoms. The molecule has 0 aromatic rings. The minimum Gasteiger partial charge on any atom is -0.466 e. The molecule has 3 amide bonds. The molecule has 0 aliphatic carbocycles. The number of carbonyl (C=O) groups excluding carboxylic acids is 4. The van der Waals surface area contributed by atoms with Gasteiger partial charge in [0.2, 0.25) is 11.8 Å². The van der Waals surface area contributed by atoms with Crippen LogP contribution in [0.15, 0.2) is 0 Å². The summed E-state index contributed by atoms with van der Waals surface area (Å²) in [5.41, 5.74) is -0.574. The van der Waals surface area contributed by atoms with Crippen LogP contribution in [0.4, 0.5) is 4.79 Å². The Hall–Kier alpha value is -2.32. The van der Waals surface area contributed by atoms with Crippen molar-refractivity contribution in [3.8, 4) is 0 Å². The Morgan fingerprint density at radius 3 is 1.68 bits per heavy atom. The lowest BCUT2D eigenvalue weighted by atomic mass is 9.91. The fourth-order valence-electron chi connectivity index (χ4n) is 5.20. The van der Waals surface area contributed by atoms with Gasteiger partial charge in [-0.2, -0.15) is 0 Å². The lowest BCUT2D eigenvalue weighted by Crippen LogP contribution is -2.53. The lowest BCUT2D eigenvalue weighted by molar-refractivity contribution is -0.152. The average Bonchev–Trinajstić information content (AvgIpc) is 2.82. The second-order valence-electron chi connectivity index (χ2n) is 10.8. The van der Waals surface area contributed by atoms with Crippen LogP contribution in [0.1, 0.15) is 66.2 Å². The quantitative estimate of drug-likeness (QED) is 0.575. The first-order valence-electron chi connectivity index (χ1n) is 12.8. The van der Waals surface area contributed by atoms with Crippen LogP contribution < -0.4 is 0 Å². The van der Waals surface area contributed by atoms with Crippen molar-refractivity contribution in [2.24, 2.45) is 17.8 Å². The molecule has 0 N–H and O–H groups in total. The SMILES string of the molecule is CCOC(=O)[C@H]1CCCN(C(=O)[C@H]2CCCN(C(=O)[C@H]3CCCN(C(=O)OC(C)(C)C)C3)C2)C1. The number of hydrogen-bond donors (Lipinski definition) is 0. The van der Waals surface area contributed by atoms with E-state index in [0.29, 0.717) is 45.9 Å². The highest BCUT2D eigenvalue weighted by atomic mass is 16.6. The normalized spacial score (nSPS) is 26.1. The molecule has 3 atom stereocenters. The first kappa shape index (κ1) is 26.3. The molecule has 3 aliphatic rings. The van der Waals surface area contributed by atoms with E-state index in [1.54, 1.807) is 16.7 Å². The van der Waals surface area contributed by atoms with Gasteiger partial charge in [0.1, 0.15) is 5.60 Å². The zero-order valence-corrected chi connectivity index (χ0v) is 21.2. The predicted molar refractivity (Wildman–Crippen MR) is 126 cm³/mol. The molecule has 192 valence electrons. The van der Waals surface area contributed by atoms with Crippen molar-refractivity contribution < 1.29 is 28.7 Å². The molecule has 9 nitrogen and oxygen atoms in total. The van der Waals surface area contributed by atoms with E-state index in [4.69, 9.17) is 9.47 Å². The summed E-state index contributed by atoms with van der Waals surface area (Å²) in [5.74, 6) is -0.950. The topological polar surface area (TPSA) is 96.5 Å². The van der Waals surface area contributed by atoms with E-state index in [1.807, 2.05) is 25.7 Å². The van der Waals surface area contributed by atoms with Crippen LogP contribution in [0.2, 0.25) is 0 Å². The number of amides is 3. The van der Waals surface area contributed by atoms with E-state index >= 15 is 0 Å². The summed E-state index contributed by atoms with van der Waals surface area (Å²) in [6.45, 7) is 10.7. The number of nitrogens with zero attached hydrogens (tertiary/aromatic N) is 3. The second-order valence-corrected chi connectivity index (χ2v) is 10.8. The van der Waals surface area contributed by atoms with E-state index in [9.17, 15) is 19.2 Å². The molecule has 3 saturated heterocycles. The largest absolute Gasteiger partial charge is 0.466 e. The average molecular weight is 480 g/mol. The number of esters is 1. The Morgan fingerprint density at radius 1 is 0.735 bits per heavy atom. The zero-order chi connectivity index (χ0) is 24.9. The Bertz CT molecular complexity index is 764. The van der Waals surface area contributed by atoms with E-state index in [1.165, 1.54) is 0 Å². The summed E-state index contributed by atoms with van der Waals surface area (Å²) in [6, 6.07) is 0. The second kappa shape index (κ2) is 11.4. The molecular formula is C25H41N3O6. The van der Waals surface area contributed by atoms with E-state index < -0.39 is 5.60 Å². The third-order valence-corrected chi connectivity index (χ3v) is 6.86. The van der Waals surface area contributed by atoms with Gasteiger partial charge < -0.3 is 24.2 Å². The number of hydrogen-bond acceptors (Lipinski definition) is 6. The van der Waals surface area contributed by atoms with Crippen molar-refractivity contribution in [1.82, 2.24) is 14.7 Å². The number of likely N-dealkylation sites (tertiary alicyclic amines) is 3. The molecule has 0 unspecified atom stereocenters. The Morgan fingerprint density at radius 2 is 1.18 bits per heavy atom. The van der Waals surface area contributed by atoms with Gasteiger partial charge in [0.05, 0.1) is 24.4 Å². The summed E-state index contributed by atoms with van der Waals surface area (Å²) in [5, 5.41) is 0. The van der Waals surface area contributed by atoms with Crippen molar-refractivity contribution in [3.63, 3.8) is 0 Å². The van der Waals surface area contributed by atoms with Gasteiger partial charge >= 0.3 is 12.1 Å². The van der Waals surface area contributed by atoms with Gasteiger partial charge in [-0.05, 0) is 66.2 Å². The van der Waals surface area contributed by atoms with Gasteiger partial charge in [0.15, 0.2) is 0 Å². The Labute approximate surface area is 203 Å². The standard InChI is InChI=1S/C25H41N3O6/c1-5-33-23(31)20-11-8-13-27(17-20)21(29)18-9-6-12-26(15-18)22(30)19-10-7-14-28(16-19)24(32)34-25(2,3)4/h18-20H,5-17H2,1-4H3/t18-,19-,20-/m0/s1. The van der Waals surface area contributed by atoms with Crippen LogP contribution in [-0.2, 0) is 23.9 Å². The number of rotatable bonds is 4. The van der Waals surface area contributed by atoms with Gasteiger partial charge in [-0.3, -0.25) is 14.4 Å².